The Labute approximate surface area is 262 Å². The molecule has 45 heavy (non-hydrogen) atoms. The lowest BCUT2D eigenvalue weighted by Gasteiger charge is -2.22. The van der Waals surface area contributed by atoms with Crippen LogP contribution in [0.15, 0.2) is 96.2 Å². The number of amides is 1. The SMILES string of the molecule is CC(C)c1nn(C2CCCCO2)cc1-c1cc(N=C(c2ccccc2)c2ccccc2)c2cnc(NC(=O)C3CC3F)cc2c1. The number of anilines is 1. The van der Waals surface area contributed by atoms with E-state index in [1.807, 2.05) is 47.1 Å². The minimum atomic E-state index is -1.08. The second-order valence-electron chi connectivity index (χ2n) is 12.2. The molecule has 3 aromatic carbocycles. The summed E-state index contributed by atoms with van der Waals surface area (Å²) in [6.07, 6.45) is 6.04. The van der Waals surface area contributed by atoms with Gasteiger partial charge in [-0.3, -0.25) is 4.79 Å². The van der Waals surface area contributed by atoms with Crippen molar-refractivity contribution in [1.29, 1.82) is 0 Å². The average molecular weight is 602 g/mol. The zero-order chi connectivity index (χ0) is 30.9. The summed E-state index contributed by atoms with van der Waals surface area (Å²) in [4.78, 5) is 22.4. The van der Waals surface area contributed by atoms with Crippen LogP contribution in [0.5, 0.6) is 0 Å². The molecule has 1 aliphatic heterocycles. The minimum Gasteiger partial charge on any atom is -0.357 e. The van der Waals surface area contributed by atoms with E-state index in [0.717, 1.165) is 76.0 Å². The van der Waals surface area contributed by atoms with Gasteiger partial charge in [-0.25, -0.2) is 19.0 Å². The third-order valence-corrected chi connectivity index (χ3v) is 8.51. The normalized spacial score (nSPS) is 19.4. The molecule has 0 radical (unpaired) electrons. The van der Waals surface area contributed by atoms with Gasteiger partial charge in [-0.05, 0) is 60.7 Å². The number of carbonyl (C=O) groups excluding carboxylic acids is 1. The Balaban J connectivity index is 1.40. The van der Waals surface area contributed by atoms with E-state index in [1.165, 1.54) is 0 Å². The maximum atomic E-state index is 13.6. The summed E-state index contributed by atoms with van der Waals surface area (Å²) < 4.78 is 21.7. The van der Waals surface area contributed by atoms with E-state index in [0.29, 0.717) is 5.82 Å². The highest BCUT2D eigenvalue weighted by Gasteiger charge is 2.43. The van der Waals surface area contributed by atoms with Crippen molar-refractivity contribution >= 4 is 33.9 Å². The Morgan fingerprint density at radius 3 is 2.36 bits per heavy atom. The van der Waals surface area contributed by atoms with E-state index in [9.17, 15) is 9.18 Å². The Kier molecular flexibility index (Phi) is 7.98. The summed E-state index contributed by atoms with van der Waals surface area (Å²) in [6, 6.07) is 26.3. The molecule has 3 unspecified atom stereocenters. The first-order valence-electron chi connectivity index (χ1n) is 15.7. The van der Waals surface area contributed by atoms with Gasteiger partial charge in [0.2, 0.25) is 5.91 Å². The molecule has 228 valence electrons. The topological polar surface area (TPSA) is 81.4 Å². The largest absolute Gasteiger partial charge is 0.357 e. The molecule has 3 heterocycles. The van der Waals surface area contributed by atoms with E-state index in [-0.39, 0.29) is 24.5 Å². The zero-order valence-corrected chi connectivity index (χ0v) is 25.5. The van der Waals surface area contributed by atoms with Crippen molar-refractivity contribution in [2.75, 3.05) is 11.9 Å². The molecule has 5 aromatic rings. The van der Waals surface area contributed by atoms with Crippen molar-refractivity contribution < 1.29 is 13.9 Å². The third-order valence-electron chi connectivity index (χ3n) is 8.51. The van der Waals surface area contributed by atoms with Gasteiger partial charge in [0.1, 0.15) is 18.2 Å². The van der Waals surface area contributed by atoms with Gasteiger partial charge in [0.05, 0.1) is 23.0 Å². The van der Waals surface area contributed by atoms with Crippen molar-refractivity contribution in [3.63, 3.8) is 0 Å². The highest BCUT2D eigenvalue weighted by atomic mass is 19.1. The van der Waals surface area contributed by atoms with Gasteiger partial charge in [0, 0.05) is 41.1 Å². The van der Waals surface area contributed by atoms with E-state index >= 15 is 0 Å². The monoisotopic (exact) mass is 601 g/mol. The Hall–Kier alpha value is -4.69. The number of halogens is 1. The number of aliphatic imine (C=N–C) groups is 1. The number of rotatable bonds is 8. The molecule has 1 saturated heterocycles. The Morgan fingerprint density at radius 2 is 1.73 bits per heavy atom. The van der Waals surface area contributed by atoms with E-state index in [2.05, 4.69) is 66.7 Å². The molecule has 1 aliphatic carbocycles. The molecule has 0 bridgehead atoms. The highest BCUT2D eigenvalue weighted by molar-refractivity contribution is 6.15. The predicted octanol–water partition coefficient (Wildman–Crippen LogP) is 8.39. The van der Waals surface area contributed by atoms with Gasteiger partial charge < -0.3 is 10.1 Å². The Bertz CT molecular complexity index is 1820. The molecule has 2 fully saturated rings. The fourth-order valence-corrected chi connectivity index (χ4v) is 5.95. The molecule has 1 amide bonds. The van der Waals surface area contributed by atoms with Crippen molar-refractivity contribution in [3.8, 4) is 11.1 Å². The van der Waals surface area contributed by atoms with Crippen LogP contribution in [0, 0.1) is 5.92 Å². The summed E-state index contributed by atoms with van der Waals surface area (Å²) >= 11 is 0. The standard InChI is InChI=1S/C37H36FN5O2/c1-23(2)35-30(22-43(42-35)34-15-9-10-16-45-34)26-17-27-19-33(41-37(44)28-20-31(28)38)39-21-29(27)32(18-26)40-36(24-11-5-3-6-12-24)25-13-7-4-8-14-25/h3-8,11-14,17-19,21-23,28,31,34H,9-10,15-16,20H2,1-2H3,(H,39,41,44). The zero-order valence-electron chi connectivity index (χ0n) is 25.5. The van der Waals surface area contributed by atoms with E-state index < -0.39 is 12.1 Å². The lowest BCUT2D eigenvalue weighted by atomic mass is 9.96. The fourth-order valence-electron chi connectivity index (χ4n) is 5.95. The number of aromatic nitrogens is 3. The molecule has 3 atom stereocenters. The van der Waals surface area contributed by atoms with Gasteiger partial charge in [-0.1, -0.05) is 74.5 Å². The lowest BCUT2D eigenvalue weighted by Crippen LogP contribution is -2.18. The molecule has 1 N–H and O–H groups in total. The van der Waals surface area contributed by atoms with Gasteiger partial charge in [0.25, 0.3) is 0 Å². The first-order valence-corrected chi connectivity index (χ1v) is 15.7. The van der Waals surface area contributed by atoms with Crippen LogP contribution in [-0.2, 0) is 9.53 Å². The van der Waals surface area contributed by atoms with Gasteiger partial charge in [-0.2, -0.15) is 5.10 Å². The summed E-state index contributed by atoms with van der Waals surface area (Å²) in [5.41, 5.74) is 6.53. The number of pyridine rings is 1. The number of nitrogens with zero attached hydrogens (tertiary/aromatic N) is 4. The summed E-state index contributed by atoms with van der Waals surface area (Å²) in [5, 5.41) is 9.53. The van der Waals surface area contributed by atoms with Crippen molar-refractivity contribution in [1.82, 2.24) is 14.8 Å². The number of hydrogen-bond acceptors (Lipinski definition) is 5. The van der Waals surface area contributed by atoms with Gasteiger partial charge >= 0.3 is 0 Å². The van der Waals surface area contributed by atoms with Crippen LogP contribution in [0.2, 0.25) is 0 Å². The number of benzene rings is 3. The van der Waals surface area contributed by atoms with Crippen LogP contribution in [-0.4, -0.2) is 39.2 Å². The molecule has 7 rings (SSSR count). The summed E-state index contributed by atoms with van der Waals surface area (Å²) in [6.45, 7) is 5.03. The second-order valence-corrected chi connectivity index (χ2v) is 12.2. The number of alkyl halides is 1. The molecule has 2 aliphatic rings. The number of nitrogens with one attached hydrogen (secondary N) is 1. The van der Waals surface area contributed by atoms with Crippen molar-refractivity contribution in [3.05, 3.63) is 108 Å². The molecular weight excluding hydrogens is 565 g/mol. The minimum absolute atomic E-state index is 0.0847. The van der Waals surface area contributed by atoms with Crippen LogP contribution >= 0.6 is 0 Å². The smallest absolute Gasteiger partial charge is 0.231 e. The lowest BCUT2D eigenvalue weighted by molar-refractivity contribution is -0.117. The first kappa shape index (κ1) is 29.0. The van der Waals surface area contributed by atoms with Crippen molar-refractivity contribution in [2.24, 2.45) is 10.9 Å². The summed E-state index contributed by atoms with van der Waals surface area (Å²) in [7, 11) is 0. The maximum absolute atomic E-state index is 13.6. The van der Waals surface area contributed by atoms with E-state index in [1.54, 1.807) is 6.20 Å². The molecule has 1 saturated carbocycles. The van der Waals surface area contributed by atoms with Gasteiger partial charge in [0.15, 0.2) is 0 Å². The van der Waals surface area contributed by atoms with Crippen LogP contribution in [0.3, 0.4) is 0 Å². The van der Waals surface area contributed by atoms with Crippen LogP contribution < -0.4 is 5.32 Å². The third kappa shape index (κ3) is 6.15. The molecule has 8 heteroatoms. The maximum Gasteiger partial charge on any atom is 0.231 e. The first-order chi connectivity index (χ1) is 21.9. The van der Waals surface area contributed by atoms with Crippen LogP contribution in [0.1, 0.15) is 68.5 Å². The van der Waals surface area contributed by atoms with Crippen LogP contribution in [0.25, 0.3) is 21.9 Å². The van der Waals surface area contributed by atoms with E-state index in [4.69, 9.17) is 14.8 Å². The summed E-state index contributed by atoms with van der Waals surface area (Å²) in [5.74, 6) is -0.374. The van der Waals surface area contributed by atoms with Crippen molar-refractivity contribution in [2.45, 2.75) is 57.8 Å². The quantitative estimate of drug-likeness (QED) is 0.181. The number of fused-ring (bicyclic) bond motifs is 1. The predicted molar refractivity (Wildman–Crippen MR) is 176 cm³/mol. The number of carbonyl (C=O) groups is 1. The van der Waals surface area contributed by atoms with Crippen LogP contribution in [0.4, 0.5) is 15.9 Å². The Morgan fingerprint density at radius 1 is 1.02 bits per heavy atom. The molecule has 7 nitrogen and oxygen atoms in total. The number of ether oxygens (including phenoxy) is 1. The fraction of sp³-hybridized carbons (Fsp3) is 0.297. The number of hydrogen-bond donors (Lipinski definition) is 1. The molecular formula is C37H36FN5O2. The highest BCUT2D eigenvalue weighted by Crippen LogP contribution is 2.39. The average Bonchev–Trinajstić information content (AvgIpc) is 3.63. The second kappa shape index (κ2) is 12.4. The molecule has 2 aromatic heterocycles. The molecule has 0 spiro atoms. The van der Waals surface area contributed by atoms with Gasteiger partial charge in [-0.15, -0.1) is 0 Å².